The maximum Gasteiger partial charge on any atom is 0.270 e. The number of nitrogens with zero attached hydrogens (tertiary/aromatic N) is 2. The van der Waals surface area contributed by atoms with Crippen LogP contribution in [-0.4, -0.2) is 21.8 Å². The Hall–Kier alpha value is -3.68. The van der Waals surface area contributed by atoms with E-state index in [1.54, 1.807) is 19.1 Å². The fraction of sp³-hybridized carbons (Fsp3) is 0.182. The van der Waals surface area contributed by atoms with Crippen molar-refractivity contribution in [2.45, 2.75) is 26.9 Å². The predicted molar refractivity (Wildman–Crippen MR) is 107 cm³/mol. The first kappa shape index (κ1) is 18.4. The van der Waals surface area contributed by atoms with E-state index in [4.69, 9.17) is 2.74 Å². The van der Waals surface area contributed by atoms with Crippen LogP contribution in [0, 0.1) is 25.5 Å². The summed E-state index contributed by atoms with van der Waals surface area (Å²) in [5.41, 5.74) is 1.12. The monoisotopic (exact) mass is 412 g/mol. The second-order valence-corrected chi connectivity index (χ2v) is 6.60. The van der Waals surface area contributed by atoms with Crippen molar-refractivity contribution in [1.29, 1.82) is 0 Å². The van der Waals surface area contributed by atoms with E-state index in [0.29, 0.717) is 11.1 Å². The van der Waals surface area contributed by atoms with Gasteiger partial charge in [0.1, 0.15) is 29.3 Å². The van der Waals surface area contributed by atoms with Gasteiger partial charge in [-0.2, -0.15) is 0 Å². The van der Waals surface area contributed by atoms with Gasteiger partial charge in [-0.15, -0.1) is 0 Å². The zero-order valence-electron chi connectivity index (χ0n) is 18.3. The fourth-order valence-corrected chi connectivity index (χ4v) is 2.61. The number of hydrogen-bond acceptors (Lipinski definition) is 4. The summed E-state index contributed by atoms with van der Waals surface area (Å²) in [5, 5.41) is 4.81. The molecule has 0 aliphatic heterocycles. The topological polar surface area (TPSA) is 84.0 Å². The van der Waals surface area contributed by atoms with Crippen LogP contribution in [0.1, 0.15) is 46.0 Å². The summed E-state index contributed by atoms with van der Waals surface area (Å²) in [5.74, 6) is -2.29. The molecule has 30 heavy (non-hydrogen) atoms. The molecule has 2 amide bonds. The zero-order chi connectivity index (χ0) is 23.5. The van der Waals surface area contributed by atoms with Gasteiger partial charge in [0.2, 0.25) is 0 Å². The molecular weight excluding hydrogens is 390 g/mol. The van der Waals surface area contributed by atoms with E-state index in [9.17, 15) is 18.4 Å². The Morgan fingerprint density at radius 1 is 0.867 bits per heavy atom. The van der Waals surface area contributed by atoms with Crippen LogP contribution in [0.3, 0.4) is 0 Å². The molecule has 0 aliphatic carbocycles. The Balaban J connectivity index is 1.70. The molecule has 0 unspecified atom stereocenters. The van der Waals surface area contributed by atoms with Crippen LogP contribution in [-0.2, 0) is 13.0 Å². The molecular formula is C22H20F2N4O2. The van der Waals surface area contributed by atoms with Gasteiger partial charge in [-0.05, 0) is 48.2 Å². The number of benzene rings is 2. The Kier molecular flexibility index (Phi) is 5.64. The van der Waals surface area contributed by atoms with E-state index < -0.39 is 24.1 Å². The number of aryl methyl sites for hydroxylation is 2. The first-order chi connectivity index (χ1) is 15.1. The Bertz CT molecular complexity index is 1190. The van der Waals surface area contributed by atoms with Crippen LogP contribution < -0.4 is 10.6 Å². The number of nitrogens with one attached hydrogen (secondary N) is 2. The van der Waals surface area contributed by atoms with Crippen LogP contribution >= 0.6 is 0 Å². The van der Waals surface area contributed by atoms with Crippen LogP contribution in [0.15, 0.2) is 48.8 Å². The molecule has 8 heteroatoms. The lowest BCUT2D eigenvalue weighted by Crippen LogP contribution is -2.27. The summed E-state index contributed by atoms with van der Waals surface area (Å²) in [7, 11) is 0. The van der Waals surface area contributed by atoms with E-state index in [2.05, 4.69) is 20.6 Å². The first-order valence-corrected chi connectivity index (χ1v) is 9.01. The molecule has 1 aromatic heterocycles. The van der Waals surface area contributed by atoms with Gasteiger partial charge in [-0.25, -0.2) is 18.7 Å². The van der Waals surface area contributed by atoms with Gasteiger partial charge in [-0.3, -0.25) is 9.59 Å². The van der Waals surface area contributed by atoms with Gasteiger partial charge >= 0.3 is 0 Å². The van der Waals surface area contributed by atoms with Crippen molar-refractivity contribution in [2.75, 3.05) is 0 Å². The highest BCUT2D eigenvalue weighted by Crippen LogP contribution is 2.10. The molecule has 0 radical (unpaired) electrons. The molecule has 6 nitrogen and oxygen atoms in total. The lowest BCUT2D eigenvalue weighted by molar-refractivity contribution is 0.0944. The Morgan fingerprint density at radius 2 is 1.40 bits per heavy atom. The molecule has 0 saturated heterocycles. The molecule has 2 aromatic carbocycles. The van der Waals surface area contributed by atoms with Crippen LogP contribution in [0.4, 0.5) is 8.78 Å². The van der Waals surface area contributed by atoms with Crippen molar-refractivity contribution >= 4 is 11.8 Å². The van der Waals surface area contributed by atoms with Gasteiger partial charge < -0.3 is 10.6 Å². The molecule has 1 heterocycles. The SMILES string of the molecule is [2H]C([2H])(NC(=O)c1cc(C(=O)NCc2ccc(F)c(C)c2)ncn1)c1ccc(F)c(C)c1. The van der Waals surface area contributed by atoms with Crippen molar-refractivity contribution in [3.63, 3.8) is 0 Å². The first-order valence-electron chi connectivity index (χ1n) is 10.0. The molecule has 3 rings (SSSR count). The summed E-state index contributed by atoms with van der Waals surface area (Å²) >= 11 is 0. The summed E-state index contributed by atoms with van der Waals surface area (Å²) in [6.07, 6.45) is 1.02. The van der Waals surface area contributed by atoms with Gasteiger partial charge in [0, 0.05) is 19.1 Å². The van der Waals surface area contributed by atoms with E-state index in [-0.39, 0.29) is 34.9 Å². The maximum atomic E-state index is 13.5. The number of carbonyl (C=O) groups excluding carboxylic acids is 2. The summed E-state index contributed by atoms with van der Waals surface area (Å²) in [6, 6.07) is 9.23. The molecule has 0 spiro atoms. The average molecular weight is 412 g/mol. The van der Waals surface area contributed by atoms with Gasteiger partial charge in [-0.1, -0.05) is 24.3 Å². The average Bonchev–Trinajstić information content (AvgIpc) is 2.76. The minimum Gasteiger partial charge on any atom is -0.347 e. The van der Waals surface area contributed by atoms with E-state index in [1.165, 1.54) is 25.1 Å². The third-order valence-electron chi connectivity index (χ3n) is 4.29. The largest absolute Gasteiger partial charge is 0.347 e. The highest BCUT2D eigenvalue weighted by molar-refractivity contribution is 5.97. The molecule has 154 valence electrons. The fourth-order valence-electron chi connectivity index (χ4n) is 2.61. The highest BCUT2D eigenvalue weighted by Gasteiger charge is 2.13. The summed E-state index contributed by atoms with van der Waals surface area (Å²) in [6.45, 7) is 0.919. The van der Waals surface area contributed by atoms with Gasteiger partial charge in [0.25, 0.3) is 11.8 Å². The Labute approximate surface area is 175 Å². The maximum absolute atomic E-state index is 13.5. The molecule has 3 aromatic rings. The lowest BCUT2D eigenvalue weighted by Gasteiger charge is -2.08. The normalized spacial score (nSPS) is 12.0. The lowest BCUT2D eigenvalue weighted by atomic mass is 10.1. The van der Waals surface area contributed by atoms with Crippen molar-refractivity contribution in [2.24, 2.45) is 0 Å². The quantitative estimate of drug-likeness (QED) is 0.651. The standard InChI is InChI=1S/C22H20F2N4O2/c1-13-7-15(3-5-17(13)23)10-25-21(29)19-9-20(28-12-27-19)22(30)26-11-16-4-6-18(24)14(2)8-16/h3-9,12H,10-11H2,1-2H3,(H,25,29)(H,26,30)/i10D2. The van der Waals surface area contributed by atoms with Gasteiger partial charge in [0.05, 0.1) is 2.74 Å². The molecule has 0 fully saturated rings. The second kappa shape index (κ2) is 9.21. The third-order valence-corrected chi connectivity index (χ3v) is 4.29. The van der Waals surface area contributed by atoms with Gasteiger partial charge in [0.15, 0.2) is 0 Å². The molecule has 0 bridgehead atoms. The predicted octanol–water partition coefficient (Wildman–Crippen LogP) is 3.23. The van der Waals surface area contributed by atoms with Crippen LogP contribution in [0.25, 0.3) is 0 Å². The number of halogens is 2. The highest BCUT2D eigenvalue weighted by atomic mass is 19.1. The number of carbonyl (C=O) groups is 2. The number of aromatic nitrogens is 2. The van der Waals surface area contributed by atoms with Crippen molar-refractivity contribution in [3.05, 3.63) is 94.1 Å². The minimum atomic E-state index is -2.30. The molecule has 2 N–H and O–H groups in total. The zero-order valence-corrected chi connectivity index (χ0v) is 16.3. The van der Waals surface area contributed by atoms with E-state index in [1.807, 2.05) is 0 Å². The summed E-state index contributed by atoms with van der Waals surface area (Å²) in [4.78, 5) is 32.6. The number of amides is 2. The molecule has 0 saturated carbocycles. The molecule has 0 aliphatic rings. The minimum absolute atomic E-state index is 0.0614. The second-order valence-electron chi connectivity index (χ2n) is 6.60. The number of rotatable bonds is 6. The Morgan fingerprint density at radius 3 is 2.00 bits per heavy atom. The van der Waals surface area contributed by atoms with E-state index in [0.717, 1.165) is 18.5 Å². The van der Waals surface area contributed by atoms with Crippen molar-refractivity contribution < 1.29 is 21.1 Å². The molecule has 0 atom stereocenters. The van der Waals surface area contributed by atoms with E-state index >= 15 is 0 Å². The van der Waals surface area contributed by atoms with Crippen molar-refractivity contribution in [1.82, 2.24) is 20.6 Å². The smallest absolute Gasteiger partial charge is 0.270 e. The van der Waals surface area contributed by atoms with Crippen molar-refractivity contribution in [3.8, 4) is 0 Å². The third kappa shape index (κ3) is 5.22. The number of hydrogen-bond donors (Lipinski definition) is 2. The van der Waals surface area contributed by atoms with Crippen LogP contribution in [0.5, 0.6) is 0 Å². The summed E-state index contributed by atoms with van der Waals surface area (Å²) < 4.78 is 43.0. The van der Waals surface area contributed by atoms with Crippen LogP contribution in [0.2, 0.25) is 0 Å².